The van der Waals surface area contributed by atoms with Crippen LogP contribution in [-0.4, -0.2) is 56.6 Å². The molecule has 0 radical (unpaired) electrons. The van der Waals surface area contributed by atoms with Gasteiger partial charge in [0.1, 0.15) is 11.6 Å². The summed E-state index contributed by atoms with van der Waals surface area (Å²) < 4.78 is 24.3. The first-order valence-corrected chi connectivity index (χ1v) is 10.3. The number of aromatic nitrogens is 2. The number of hydrogen-bond donors (Lipinski definition) is 0. The first-order valence-electron chi connectivity index (χ1n) is 8.40. The summed E-state index contributed by atoms with van der Waals surface area (Å²) in [4.78, 5) is 24.7. The van der Waals surface area contributed by atoms with Gasteiger partial charge >= 0.3 is 0 Å². The maximum atomic E-state index is 12.2. The van der Waals surface area contributed by atoms with E-state index in [2.05, 4.69) is 14.9 Å². The van der Waals surface area contributed by atoms with Gasteiger partial charge in [-0.05, 0) is 38.1 Å². The molecule has 2 heterocycles. The third-order valence-corrected chi connectivity index (χ3v) is 5.61. The Hall–Kier alpha value is -2.48. The summed E-state index contributed by atoms with van der Waals surface area (Å²) in [6.07, 6.45) is 2.93. The number of carbonyl (C=O) groups is 1. The second-order valence-electron chi connectivity index (χ2n) is 6.45. The molecule has 1 fully saturated rings. The van der Waals surface area contributed by atoms with Gasteiger partial charge in [-0.25, -0.2) is 18.4 Å². The number of benzene rings is 1. The van der Waals surface area contributed by atoms with Crippen LogP contribution in [0.25, 0.3) is 0 Å². The largest absolute Gasteiger partial charge is 0.367 e. The van der Waals surface area contributed by atoms with E-state index in [1.54, 1.807) is 18.3 Å². The fraction of sp³-hybridized carbons (Fsp3) is 0.389. The first-order chi connectivity index (χ1) is 12.3. The van der Waals surface area contributed by atoms with Crippen molar-refractivity contribution in [3.8, 4) is 0 Å². The molecule has 138 valence electrons. The highest BCUT2D eigenvalue weighted by atomic mass is 32.2. The Labute approximate surface area is 153 Å². The zero-order chi connectivity index (χ0) is 18.9. The molecule has 7 nitrogen and oxygen atoms in total. The maximum Gasteiger partial charge on any atom is 0.177 e. The number of hydrogen-bond acceptors (Lipinski definition) is 7. The quantitative estimate of drug-likeness (QED) is 0.754. The van der Waals surface area contributed by atoms with E-state index in [9.17, 15) is 13.2 Å². The molecular weight excluding hydrogens is 352 g/mol. The van der Waals surface area contributed by atoms with E-state index in [4.69, 9.17) is 0 Å². The highest BCUT2D eigenvalue weighted by Gasteiger charge is 2.24. The summed E-state index contributed by atoms with van der Waals surface area (Å²) >= 11 is 0. The molecular formula is C18H22N4O3S. The van der Waals surface area contributed by atoms with Crippen LogP contribution in [-0.2, 0) is 9.84 Å². The number of carbonyl (C=O) groups excluding carboxylic acids is 1. The third-order valence-electron chi connectivity index (χ3n) is 4.47. The van der Waals surface area contributed by atoms with E-state index in [-0.39, 0.29) is 10.7 Å². The molecule has 1 aliphatic heterocycles. The summed E-state index contributed by atoms with van der Waals surface area (Å²) in [7, 11) is -3.38. The molecule has 0 unspecified atom stereocenters. The van der Waals surface area contributed by atoms with Crippen molar-refractivity contribution in [2.24, 2.45) is 0 Å². The molecule has 1 aromatic carbocycles. The second-order valence-corrected chi connectivity index (χ2v) is 8.43. The third kappa shape index (κ3) is 3.85. The lowest BCUT2D eigenvalue weighted by Crippen LogP contribution is -2.47. The Morgan fingerprint density at radius 2 is 1.73 bits per heavy atom. The zero-order valence-corrected chi connectivity index (χ0v) is 16.0. The van der Waals surface area contributed by atoms with Crippen molar-refractivity contribution in [3.05, 3.63) is 41.9 Å². The summed E-state index contributed by atoms with van der Waals surface area (Å²) in [5.41, 5.74) is 1.11. The van der Waals surface area contributed by atoms with Crippen molar-refractivity contribution in [2.45, 2.75) is 18.7 Å². The van der Waals surface area contributed by atoms with Gasteiger partial charge in [-0.3, -0.25) is 4.79 Å². The number of sulfone groups is 1. The monoisotopic (exact) mass is 374 g/mol. The van der Waals surface area contributed by atoms with Crippen molar-refractivity contribution < 1.29 is 13.2 Å². The van der Waals surface area contributed by atoms with E-state index >= 15 is 0 Å². The number of aryl methyl sites for hydroxylation is 1. The predicted octanol–water partition coefficient (Wildman–Crippen LogP) is 1.72. The lowest BCUT2D eigenvalue weighted by atomic mass is 10.1. The van der Waals surface area contributed by atoms with Crippen molar-refractivity contribution in [1.82, 2.24) is 9.97 Å². The normalized spacial score (nSPS) is 15.2. The molecule has 8 heteroatoms. The maximum absolute atomic E-state index is 12.2. The molecule has 26 heavy (non-hydrogen) atoms. The van der Waals surface area contributed by atoms with Crippen LogP contribution in [0, 0.1) is 6.92 Å². The number of ketones is 1. The molecule has 3 rings (SSSR count). The molecule has 1 aromatic heterocycles. The van der Waals surface area contributed by atoms with Gasteiger partial charge < -0.3 is 9.80 Å². The summed E-state index contributed by atoms with van der Waals surface area (Å²) in [5, 5.41) is 0. The van der Waals surface area contributed by atoms with Crippen molar-refractivity contribution in [2.75, 3.05) is 42.2 Å². The van der Waals surface area contributed by atoms with Crippen LogP contribution in [0.2, 0.25) is 0 Å². The Kier molecular flexibility index (Phi) is 4.95. The minimum Gasteiger partial charge on any atom is -0.367 e. The van der Waals surface area contributed by atoms with E-state index < -0.39 is 9.84 Å². The van der Waals surface area contributed by atoms with Gasteiger partial charge in [0.15, 0.2) is 15.6 Å². The number of nitrogens with zero attached hydrogens (tertiary/aromatic N) is 4. The number of piperazine rings is 1. The van der Waals surface area contributed by atoms with Crippen LogP contribution in [0.15, 0.2) is 35.4 Å². The zero-order valence-electron chi connectivity index (χ0n) is 15.1. The van der Waals surface area contributed by atoms with E-state index in [1.807, 2.05) is 17.9 Å². The van der Waals surface area contributed by atoms with Crippen molar-refractivity contribution >= 4 is 27.1 Å². The molecule has 0 bridgehead atoms. The van der Waals surface area contributed by atoms with Crippen molar-refractivity contribution in [1.29, 1.82) is 0 Å². The van der Waals surface area contributed by atoms with Crippen LogP contribution >= 0.6 is 0 Å². The van der Waals surface area contributed by atoms with Gasteiger partial charge in [-0.1, -0.05) is 0 Å². The fourth-order valence-corrected chi connectivity index (χ4v) is 3.98. The average molecular weight is 374 g/mol. The topological polar surface area (TPSA) is 83.5 Å². The van der Waals surface area contributed by atoms with E-state index in [0.717, 1.165) is 11.6 Å². The molecule has 0 amide bonds. The van der Waals surface area contributed by atoms with E-state index in [0.29, 0.717) is 37.4 Å². The lowest BCUT2D eigenvalue weighted by molar-refractivity contribution is 0.101. The molecule has 0 N–H and O–H groups in total. The van der Waals surface area contributed by atoms with Crippen molar-refractivity contribution in [3.63, 3.8) is 0 Å². The number of anilines is 2. The minimum absolute atomic E-state index is 0.0820. The van der Waals surface area contributed by atoms with Gasteiger partial charge in [0.25, 0.3) is 0 Å². The van der Waals surface area contributed by atoms with Gasteiger partial charge in [-0.15, -0.1) is 0 Å². The highest BCUT2D eigenvalue weighted by molar-refractivity contribution is 7.90. The van der Waals surface area contributed by atoms with Crippen LogP contribution in [0.5, 0.6) is 0 Å². The second kappa shape index (κ2) is 7.03. The molecule has 0 spiro atoms. The van der Waals surface area contributed by atoms with Gasteiger partial charge in [0.2, 0.25) is 0 Å². The van der Waals surface area contributed by atoms with Gasteiger partial charge in [-0.2, -0.15) is 0 Å². The predicted molar refractivity (Wildman–Crippen MR) is 101 cm³/mol. The Morgan fingerprint density at radius 3 is 2.31 bits per heavy atom. The van der Waals surface area contributed by atoms with Crippen LogP contribution in [0.4, 0.5) is 11.5 Å². The van der Waals surface area contributed by atoms with E-state index in [1.165, 1.54) is 19.2 Å². The van der Waals surface area contributed by atoms with Crippen LogP contribution < -0.4 is 9.80 Å². The average Bonchev–Trinajstić information content (AvgIpc) is 2.60. The molecule has 0 atom stereocenters. The Balaban J connectivity index is 1.86. The lowest BCUT2D eigenvalue weighted by Gasteiger charge is -2.37. The number of rotatable bonds is 4. The Bertz CT molecular complexity index is 935. The summed E-state index contributed by atoms with van der Waals surface area (Å²) in [5.74, 6) is 1.51. The summed E-state index contributed by atoms with van der Waals surface area (Å²) in [6.45, 7) is 6.05. The molecule has 1 saturated heterocycles. The number of Topliss-reactive ketones (excluding diaryl/α,β-unsaturated/α-hetero) is 1. The first kappa shape index (κ1) is 18.3. The fourth-order valence-electron chi connectivity index (χ4n) is 3.09. The van der Waals surface area contributed by atoms with Gasteiger partial charge in [0.05, 0.1) is 10.6 Å². The molecule has 2 aromatic rings. The minimum atomic E-state index is -3.38. The Morgan fingerprint density at radius 1 is 1.08 bits per heavy atom. The molecule has 0 aliphatic carbocycles. The van der Waals surface area contributed by atoms with Gasteiger partial charge in [0, 0.05) is 44.2 Å². The highest BCUT2D eigenvalue weighted by Crippen LogP contribution is 2.28. The summed E-state index contributed by atoms with van der Waals surface area (Å²) in [6, 6.07) is 6.66. The van der Waals surface area contributed by atoms with Crippen LogP contribution in [0.1, 0.15) is 23.1 Å². The standard InChI is InChI=1S/C18H22N4O3S/c1-13(23)15-4-5-17(26(3,24)25)16(12-15)21-8-10-22(11-9-21)18-6-7-19-14(2)20-18/h4-7,12H,8-11H2,1-3H3. The SMILES string of the molecule is CC(=O)c1ccc(S(C)(=O)=O)c(N2CCN(c3ccnc(C)n3)CC2)c1. The smallest absolute Gasteiger partial charge is 0.177 e. The van der Waals surface area contributed by atoms with Crippen LogP contribution in [0.3, 0.4) is 0 Å². The molecule has 1 aliphatic rings. The molecule has 0 saturated carbocycles.